The summed E-state index contributed by atoms with van der Waals surface area (Å²) >= 11 is 0. The highest BCUT2D eigenvalue weighted by molar-refractivity contribution is 6.16. The van der Waals surface area contributed by atoms with Gasteiger partial charge in [0.2, 0.25) is 5.88 Å². The number of nitrogens with two attached hydrogens (primary N) is 1. The second kappa shape index (κ2) is 5.61. The first-order valence-electron chi connectivity index (χ1n) is 8.76. The van der Waals surface area contributed by atoms with Gasteiger partial charge in [-0.2, -0.15) is 5.26 Å². The zero-order chi connectivity index (χ0) is 19.4. The molecule has 27 heavy (non-hydrogen) atoms. The minimum Gasteiger partial charge on any atom is -0.462 e. The summed E-state index contributed by atoms with van der Waals surface area (Å²) in [5.41, 5.74) is 4.80. The SMILES string of the molecule is CCCCOC(=O)C1=C(C)OC23OC(N)=C(C#N)C12C(=O)c1ccccc13. The lowest BCUT2D eigenvalue weighted by Gasteiger charge is -2.31. The monoisotopic (exact) mass is 366 g/mol. The highest BCUT2D eigenvalue weighted by Crippen LogP contribution is 2.69. The number of nitrogens with zero attached hydrogens (tertiary/aromatic N) is 1. The van der Waals surface area contributed by atoms with E-state index in [4.69, 9.17) is 19.9 Å². The molecular formula is C20H18N2O5. The maximum absolute atomic E-state index is 13.5. The first kappa shape index (κ1) is 17.2. The van der Waals surface area contributed by atoms with E-state index >= 15 is 0 Å². The number of fused-ring (bicyclic) bond motifs is 1. The standard InChI is InChI=1S/C20H18N2O5/c1-3-4-9-25-18(24)15-11(2)26-20-13-8-6-5-7-12(13)16(23)19(15,20)14(10-21)17(22)27-20/h5-8H,3-4,9,22H2,1-2H3. The summed E-state index contributed by atoms with van der Waals surface area (Å²) in [6.45, 7) is 3.74. The molecule has 0 bridgehead atoms. The first-order chi connectivity index (χ1) is 13.0. The molecule has 138 valence electrons. The molecule has 1 aliphatic carbocycles. The first-order valence-corrected chi connectivity index (χ1v) is 8.76. The van der Waals surface area contributed by atoms with Crippen LogP contribution in [0.4, 0.5) is 0 Å². The smallest absolute Gasteiger partial charge is 0.339 e. The number of benzene rings is 1. The fourth-order valence-corrected chi connectivity index (χ4v) is 4.23. The molecule has 1 aromatic carbocycles. The van der Waals surface area contributed by atoms with Crippen molar-refractivity contribution in [1.29, 1.82) is 5.26 Å². The predicted octanol–water partition coefficient (Wildman–Crippen LogP) is 2.39. The third-order valence-corrected chi connectivity index (χ3v) is 5.31. The van der Waals surface area contributed by atoms with Gasteiger partial charge >= 0.3 is 11.8 Å². The highest BCUT2D eigenvalue weighted by Gasteiger charge is 2.80. The Hall–Kier alpha value is -3.27. The summed E-state index contributed by atoms with van der Waals surface area (Å²) in [4.78, 5) is 26.5. The number of hydrogen-bond acceptors (Lipinski definition) is 7. The molecule has 2 heterocycles. The maximum atomic E-state index is 13.5. The number of ether oxygens (including phenoxy) is 3. The van der Waals surface area contributed by atoms with Gasteiger partial charge in [-0.05, 0) is 13.3 Å². The van der Waals surface area contributed by atoms with Crippen LogP contribution in [0.25, 0.3) is 0 Å². The Balaban J connectivity index is 1.94. The van der Waals surface area contributed by atoms with Gasteiger partial charge in [0, 0.05) is 11.1 Å². The van der Waals surface area contributed by atoms with E-state index in [0.717, 1.165) is 6.42 Å². The topological polar surface area (TPSA) is 112 Å². The Bertz CT molecular complexity index is 986. The number of nitriles is 1. The summed E-state index contributed by atoms with van der Waals surface area (Å²) in [5, 5.41) is 9.77. The molecule has 0 amide bonds. The van der Waals surface area contributed by atoms with Crippen LogP contribution >= 0.6 is 0 Å². The zero-order valence-corrected chi connectivity index (χ0v) is 15.0. The molecule has 7 heteroatoms. The van der Waals surface area contributed by atoms with Crippen molar-refractivity contribution in [2.24, 2.45) is 11.1 Å². The highest BCUT2D eigenvalue weighted by atomic mass is 16.7. The fourth-order valence-electron chi connectivity index (χ4n) is 4.23. The van der Waals surface area contributed by atoms with Crippen LogP contribution in [0.5, 0.6) is 0 Å². The number of ketones is 1. The molecule has 0 spiro atoms. The average molecular weight is 366 g/mol. The van der Waals surface area contributed by atoms with Crippen LogP contribution in [0.1, 0.15) is 42.6 Å². The fraction of sp³-hybridized carbons (Fsp3) is 0.350. The number of carbonyl (C=O) groups excluding carboxylic acids is 2. The molecule has 0 saturated heterocycles. The molecule has 0 fully saturated rings. The second-order valence-electron chi connectivity index (χ2n) is 6.72. The van der Waals surface area contributed by atoms with Crippen LogP contribution < -0.4 is 5.73 Å². The van der Waals surface area contributed by atoms with Crippen LogP contribution in [-0.4, -0.2) is 18.4 Å². The lowest BCUT2D eigenvalue weighted by Crippen LogP contribution is -2.45. The van der Waals surface area contributed by atoms with Gasteiger partial charge in [0.25, 0.3) is 0 Å². The average Bonchev–Trinajstić information content (AvgIpc) is 3.12. The van der Waals surface area contributed by atoms with E-state index < -0.39 is 23.0 Å². The predicted molar refractivity (Wildman–Crippen MR) is 92.4 cm³/mol. The molecule has 0 saturated carbocycles. The summed E-state index contributed by atoms with van der Waals surface area (Å²) in [6, 6.07) is 8.71. The lowest BCUT2D eigenvalue weighted by atomic mass is 9.69. The molecule has 2 atom stereocenters. The number of rotatable bonds is 4. The van der Waals surface area contributed by atoms with Gasteiger partial charge in [-0.25, -0.2) is 4.79 Å². The van der Waals surface area contributed by atoms with Crippen molar-refractivity contribution in [3.8, 4) is 6.07 Å². The van der Waals surface area contributed by atoms with Gasteiger partial charge in [0.1, 0.15) is 23.0 Å². The van der Waals surface area contributed by atoms with E-state index in [-0.39, 0.29) is 29.4 Å². The van der Waals surface area contributed by atoms with Gasteiger partial charge in [-0.3, -0.25) is 4.79 Å². The number of allylic oxidation sites excluding steroid dienone is 1. The van der Waals surface area contributed by atoms with E-state index in [0.29, 0.717) is 17.5 Å². The lowest BCUT2D eigenvalue weighted by molar-refractivity contribution is -0.199. The second-order valence-corrected chi connectivity index (χ2v) is 6.72. The molecule has 0 aromatic heterocycles. The molecular weight excluding hydrogens is 348 g/mol. The minimum absolute atomic E-state index is 0.0168. The number of Topliss-reactive ketones (excluding diaryl/α,β-unsaturated/α-hetero) is 1. The summed E-state index contributed by atoms with van der Waals surface area (Å²) in [7, 11) is 0. The summed E-state index contributed by atoms with van der Waals surface area (Å²) in [5.74, 6) is -2.85. The molecule has 7 nitrogen and oxygen atoms in total. The van der Waals surface area contributed by atoms with E-state index in [2.05, 4.69) is 0 Å². The third-order valence-electron chi connectivity index (χ3n) is 5.31. The molecule has 3 aliphatic rings. The van der Waals surface area contributed by atoms with Crippen LogP contribution in [0.15, 0.2) is 47.1 Å². The Labute approximate surface area is 156 Å². The van der Waals surface area contributed by atoms with Crippen molar-refractivity contribution >= 4 is 11.8 Å². The van der Waals surface area contributed by atoms with Crippen LogP contribution in [0.2, 0.25) is 0 Å². The van der Waals surface area contributed by atoms with Gasteiger partial charge < -0.3 is 19.9 Å². The van der Waals surface area contributed by atoms with Gasteiger partial charge in [0.05, 0.1) is 6.61 Å². The number of esters is 1. The van der Waals surface area contributed by atoms with Crippen LogP contribution in [-0.2, 0) is 24.8 Å². The largest absolute Gasteiger partial charge is 0.462 e. The number of unbranched alkanes of at least 4 members (excludes halogenated alkanes) is 1. The summed E-state index contributed by atoms with van der Waals surface area (Å²) in [6.07, 6.45) is 1.53. The third kappa shape index (κ3) is 1.80. The van der Waals surface area contributed by atoms with E-state index in [1.54, 1.807) is 31.2 Å². The van der Waals surface area contributed by atoms with Crippen molar-refractivity contribution < 1.29 is 23.8 Å². The van der Waals surface area contributed by atoms with E-state index in [1.165, 1.54) is 0 Å². The van der Waals surface area contributed by atoms with Gasteiger partial charge in [-0.1, -0.05) is 37.6 Å². The van der Waals surface area contributed by atoms with E-state index in [9.17, 15) is 14.9 Å². The Morgan fingerprint density at radius 1 is 1.33 bits per heavy atom. The van der Waals surface area contributed by atoms with Crippen molar-refractivity contribution in [2.45, 2.75) is 32.5 Å². The zero-order valence-electron chi connectivity index (χ0n) is 15.0. The van der Waals surface area contributed by atoms with Crippen molar-refractivity contribution in [1.82, 2.24) is 0 Å². The molecule has 1 aromatic rings. The van der Waals surface area contributed by atoms with Gasteiger partial charge in [-0.15, -0.1) is 0 Å². The minimum atomic E-state index is -1.77. The Morgan fingerprint density at radius 3 is 2.78 bits per heavy atom. The molecule has 2 N–H and O–H groups in total. The Morgan fingerprint density at radius 2 is 2.07 bits per heavy atom. The van der Waals surface area contributed by atoms with Crippen molar-refractivity contribution in [2.75, 3.05) is 6.61 Å². The maximum Gasteiger partial charge on any atom is 0.339 e. The quantitative estimate of drug-likeness (QED) is 0.643. The van der Waals surface area contributed by atoms with Crippen molar-refractivity contribution in [3.63, 3.8) is 0 Å². The van der Waals surface area contributed by atoms with Crippen LogP contribution in [0, 0.1) is 16.7 Å². The van der Waals surface area contributed by atoms with Gasteiger partial charge in [0.15, 0.2) is 11.2 Å². The number of carbonyl (C=O) groups is 2. The van der Waals surface area contributed by atoms with Crippen molar-refractivity contribution in [3.05, 3.63) is 58.2 Å². The number of hydrogen-bond donors (Lipinski definition) is 1. The molecule has 2 unspecified atom stereocenters. The Kier molecular flexibility index (Phi) is 3.57. The van der Waals surface area contributed by atoms with E-state index in [1.807, 2.05) is 13.0 Å². The molecule has 2 aliphatic heterocycles. The normalized spacial score (nSPS) is 27.5. The molecule has 0 radical (unpaired) electrons. The summed E-state index contributed by atoms with van der Waals surface area (Å²) < 4.78 is 17.2. The van der Waals surface area contributed by atoms with Crippen LogP contribution in [0.3, 0.4) is 0 Å². The molecule has 4 rings (SSSR count).